The molecule has 1 unspecified atom stereocenters. The number of aryl methyl sites for hydroxylation is 1. The largest absolute Gasteiger partial charge is 0.243 e. The third-order valence-electron chi connectivity index (χ3n) is 11.2. The Kier molecular flexibility index (Phi) is 5.74. The number of rotatable bonds is 2. The highest BCUT2D eigenvalue weighted by Crippen LogP contribution is 2.58. The van der Waals surface area contributed by atoms with E-state index in [1.807, 2.05) is 11.3 Å². The van der Waals surface area contributed by atoms with E-state index in [-0.39, 0.29) is 5.92 Å². The third kappa shape index (κ3) is 3.86. The van der Waals surface area contributed by atoms with Gasteiger partial charge in [0.1, 0.15) is 10.3 Å². The van der Waals surface area contributed by atoms with Crippen LogP contribution in [-0.4, -0.2) is 9.97 Å². The lowest BCUT2D eigenvalue weighted by atomic mass is 9.83. The molecule has 51 heavy (non-hydrogen) atoms. The number of thiophene rings is 2. The molecule has 3 aromatic heterocycles. The number of benzene rings is 7. The van der Waals surface area contributed by atoms with Crippen LogP contribution in [-0.2, 0) is 6.42 Å². The van der Waals surface area contributed by atoms with Gasteiger partial charge in [0, 0.05) is 35.8 Å². The van der Waals surface area contributed by atoms with E-state index in [0.717, 1.165) is 40.1 Å². The van der Waals surface area contributed by atoms with Crippen molar-refractivity contribution in [2.45, 2.75) is 18.8 Å². The minimum absolute atomic E-state index is 0.0674. The molecular weight excluding hydrogens is 657 g/mol. The summed E-state index contributed by atoms with van der Waals surface area (Å²) in [6.07, 6.45) is 6.90. The van der Waals surface area contributed by atoms with Gasteiger partial charge in [0.05, 0.1) is 17.3 Å². The molecule has 0 N–H and O–H groups in total. The van der Waals surface area contributed by atoms with E-state index in [2.05, 4.69) is 140 Å². The molecule has 0 aliphatic heterocycles. The topological polar surface area (TPSA) is 25.8 Å². The van der Waals surface area contributed by atoms with Crippen LogP contribution in [0.25, 0.3) is 90.6 Å². The molecule has 1 atom stereocenters. The van der Waals surface area contributed by atoms with Crippen LogP contribution in [0.15, 0.2) is 133 Å². The van der Waals surface area contributed by atoms with E-state index in [1.165, 1.54) is 85.2 Å². The highest BCUT2D eigenvalue weighted by molar-refractivity contribution is 7.26. The molecule has 4 heteroatoms. The highest BCUT2D eigenvalue weighted by Gasteiger charge is 2.39. The lowest BCUT2D eigenvalue weighted by Crippen LogP contribution is -2.08. The summed E-state index contributed by atoms with van der Waals surface area (Å²) < 4.78 is 3.97. The first-order chi connectivity index (χ1) is 25.3. The number of aromatic nitrogens is 2. The van der Waals surface area contributed by atoms with Crippen LogP contribution in [0.3, 0.4) is 0 Å². The van der Waals surface area contributed by atoms with E-state index < -0.39 is 0 Å². The zero-order chi connectivity index (χ0) is 33.2. The minimum Gasteiger partial charge on any atom is -0.243 e. The molecule has 0 saturated heterocycles. The zero-order valence-electron chi connectivity index (χ0n) is 27.5. The Labute approximate surface area is 302 Å². The lowest BCUT2D eigenvalue weighted by molar-refractivity contribution is 0.957. The van der Waals surface area contributed by atoms with Gasteiger partial charge in [-0.1, -0.05) is 121 Å². The molecule has 0 spiro atoms. The maximum absolute atomic E-state index is 5.71. The van der Waals surface area contributed by atoms with E-state index in [1.54, 1.807) is 11.3 Å². The maximum atomic E-state index is 5.71. The Hall–Kier alpha value is -5.68. The second kappa shape index (κ2) is 10.4. The molecular formula is C47H28N2S2. The van der Waals surface area contributed by atoms with Crippen LogP contribution in [0, 0.1) is 0 Å². The summed E-state index contributed by atoms with van der Waals surface area (Å²) in [6, 6.07) is 46.7. The molecule has 12 rings (SSSR count). The lowest BCUT2D eigenvalue weighted by Gasteiger charge is -2.21. The quantitative estimate of drug-likeness (QED) is 0.181. The van der Waals surface area contributed by atoms with Crippen molar-refractivity contribution >= 4 is 90.9 Å². The zero-order valence-corrected chi connectivity index (χ0v) is 29.1. The van der Waals surface area contributed by atoms with Gasteiger partial charge in [-0.3, -0.25) is 0 Å². The van der Waals surface area contributed by atoms with E-state index in [0.29, 0.717) is 0 Å². The highest BCUT2D eigenvalue weighted by atomic mass is 32.1. The second-order valence-electron chi connectivity index (χ2n) is 13.9. The Morgan fingerprint density at radius 3 is 2.35 bits per heavy atom. The van der Waals surface area contributed by atoms with Gasteiger partial charge in [0.25, 0.3) is 0 Å². The summed E-state index contributed by atoms with van der Waals surface area (Å²) in [5, 5.41) is 9.08. The summed E-state index contributed by atoms with van der Waals surface area (Å²) in [4.78, 5) is 12.3. The van der Waals surface area contributed by atoms with Gasteiger partial charge in [-0.05, 0) is 86.0 Å². The van der Waals surface area contributed by atoms with Gasteiger partial charge >= 0.3 is 0 Å². The summed E-state index contributed by atoms with van der Waals surface area (Å²) in [6.45, 7) is 0. The van der Waals surface area contributed by atoms with Crippen molar-refractivity contribution in [3.63, 3.8) is 0 Å². The van der Waals surface area contributed by atoms with Crippen molar-refractivity contribution in [1.29, 1.82) is 0 Å². The standard InChI is InChI=1S/C47H28N2S2/c1-2-13-28-25-29(22-21-26(28)11-1)43-45(49-47-44(48-43)35-19-9-10-20-36(35)51-47)40-33-17-7-5-15-31(33)38-32-16-6-8-18-34(32)41-39-30-14-4-3-12-27(30)23-24-37(39)50-46(41)42(38)40/h1-7,9-17,19-25,40H,8,18H2. The van der Waals surface area contributed by atoms with Crippen molar-refractivity contribution < 1.29 is 0 Å². The minimum atomic E-state index is -0.0674. The molecule has 238 valence electrons. The van der Waals surface area contributed by atoms with Crippen molar-refractivity contribution in [2.24, 2.45) is 0 Å². The Balaban J connectivity index is 1.25. The average Bonchev–Trinajstić information content (AvgIpc) is 3.87. The number of allylic oxidation sites excluding steroid dienone is 1. The van der Waals surface area contributed by atoms with Gasteiger partial charge in [-0.2, -0.15) is 0 Å². The van der Waals surface area contributed by atoms with Crippen molar-refractivity contribution in [1.82, 2.24) is 9.97 Å². The molecule has 0 fully saturated rings. The van der Waals surface area contributed by atoms with Crippen LogP contribution >= 0.6 is 22.7 Å². The summed E-state index contributed by atoms with van der Waals surface area (Å²) >= 11 is 3.72. The van der Waals surface area contributed by atoms with Crippen molar-refractivity contribution in [3.8, 4) is 22.4 Å². The van der Waals surface area contributed by atoms with Crippen LogP contribution in [0.5, 0.6) is 0 Å². The second-order valence-corrected chi connectivity index (χ2v) is 16.0. The van der Waals surface area contributed by atoms with Gasteiger partial charge in [0.15, 0.2) is 0 Å². The fraction of sp³-hybridized carbons (Fsp3) is 0.0638. The Morgan fingerprint density at radius 2 is 1.41 bits per heavy atom. The normalized spacial score (nSPS) is 15.0. The predicted molar refractivity (Wildman–Crippen MR) is 218 cm³/mol. The molecule has 2 aliphatic carbocycles. The fourth-order valence-electron chi connectivity index (χ4n) is 9.03. The van der Waals surface area contributed by atoms with E-state index in [9.17, 15) is 0 Å². The number of fused-ring (bicyclic) bond motifs is 16. The van der Waals surface area contributed by atoms with Gasteiger partial charge in [-0.15, -0.1) is 22.7 Å². The molecule has 2 nitrogen and oxygen atoms in total. The molecule has 7 aromatic carbocycles. The third-order valence-corrected chi connectivity index (χ3v) is 13.4. The summed E-state index contributed by atoms with van der Waals surface area (Å²) in [7, 11) is 0. The Morgan fingerprint density at radius 1 is 0.627 bits per heavy atom. The van der Waals surface area contributed by atoms with Crippen molar-refractivity contribution in [3.05, 3.63) is 161 Å². The van der Waals surface area contributed by atoms with Gasteiger partial charge < -0.3 is 0 Å². The fourth-order valence-corrected chi connectivity index (χ4v) is 11.4. The molecule has 0 radical (unpaired) electrons. The van der Waals surface area contributed by atoms with Crippen molar-refractivity contribution in [2.75, 3.05) is 0 Å². The summed E-state index contributed by atoms with van der Waals surface area (Å²) in [5.41, 5.74) is 12.4. The first-order valence-corrected chi connectivity index (χ1v) is 19.3. The number of nitrogens with zero attached hydrogens (tertiary/aromatic N) is 2. The summed E-state index contributed by atoms with van der Waals surface area (Å²) in [5.74, 6) is -0.0674. The SMILES string of the molecule is C1=Cc2c3c(c4sc5ccc6ccccc6c5c4c2CC1)C(c1nc2sc4ccccc4c2nc1-c1ccc2ccccc2c1)c1ccccc1-3. The molecule has 0 amide bonds. The molecule has 2 aliphatic rings. The first kappa shape index (κ1) is 28.1. The molecule has 10 aromatic rings. The predicted octanol–water partition coefficient (Wildman–Crippen LogP) is 13.3. The van der Waals surface area contributed by atoms with E-state index >= 15 is 0 Å². The number of hydrogen-bond donors (Lipinski definition) is 0. The molecule has 0 bridgehead atoms. The van der Waals surface area contributed by atoms with Crippen LogP contribution < -0.4 is 0 Å². The van der Waals surface area contributed by atoms with Crippen LogP contribution in [0.2, 0.25) is 0 Å². The van der Waals surface area contributed by atoms with Crippen LogP contribution in [0.1, 0.15) is 40.3 Å². The maximum Gasteiger partial charge on any atom is 0.143 e. The Bertz CT molecular complexity index is 3160. The van der Waals surface area contributed by atoms with Crippen LogP contribution in [0.4, 0.5) is 0 Å². The number of hydrogen-bond acceptors (Lipinski definition) is 4. The molecule has 3 heterocycles. The smallest absolute Gasteiger partial charge is 0.143 e. The van der Waals surface area contributed by atoms with Gasteiger partial charge in [-0.25, -0.2) is 9.97 Å². The monoisotopic (exact) mass is 684 g/mol. The first-order valence-electron chi connectivity index (χ1n) is 17.7. The molecule has 0 saturated carbocycles. The van der Waals surface area contributed by atoms with E-state index in [4.69, 9.17) is 9.97 Å². The average molecular weight is 685 g/mol. The van der Waals surface area contributed by atoms with Gasteiger partial charge in [0.2, 0.25) is 0 Å².